The predicted molar refractivity (Wildman–Crippen MR) is 164 cm³/mol. The predicted octanol–water partition coefficient (Wildman–Crippen LogP) is 9.49. The lowest BCUT2D eigenvalue weighted by atomic mass is 9.88. The topological polar surface area (TPSA) is 35.5 Å². The molecule has 0 aliphatic carbocycles. The largest absolute Gasteiger partial charge is 0.508 e. The first-order chi connectivity index (χ1) is 19.7. The van der Waals surface area contributed by atoms with Gasteiger partial charge in [-0.15, -0.1) is 0 Å². The number of benzene rings is 4. The molecule has 0 heterocycles. The van der Waals surface area contributed by atoms with Crippen LogP contribution in [-0.4, -0.2) is 19.4 Å². The molecule has 0 spiro atoms. The van der Waals surface area contributed by atoms with Gasteiger partial charge in [-0.2, -0.15) is 0 Å². The lowest BCUT2D eigenvalue weighted by Gasteiger charge is -2.20. The average Bonchev–Trinajstić information content (AvgIpc) is 3.00. The van der Waals surface area contributed by atoms with E-state index in [0.29, 0.717) is 26.1 Å². The maximum Gasteiger partial charge on any atom is 0.508 e. The van der Waals surface area contributed by atoms with Crippen molar-refractivity contribution in [3.8, 4) is 0 Å². The highest BCUT2D eigenvalue weighted by molar-refractivity contribution is 5.59. The quantitative estimate of drug-likeness (QED) is 0.151. The molecule has 3 heteroatoms. The summed E-state index contributed by atoms with van der Waals surface area (Å²) in [5, 5.41) is 0. The van der Waals surface area contributed by atoms with Crippen molar-refractivity contribution in [2.45, 2.75) is 64.2 Å². The molecule has 0 aromatic heterocycles. The Kier molecular flexibility index (Phi) is 11.4. The van der Waals surface area contributed by atoms with Crippen LogP contribution in [0.4, 0.5) is 4.79 Å². The average molecular weight is 535 g/mol. The Balaban J connectivity index is 1.32. The molecule has 0 N–H and O–H groups in total. The van der Waals surface area contributed by atoms with Crippen molar-refractivity contribution in [3.05, 3.63) is 143 Å². The summed E-state index contributed by atoms with van der Waals surface area (Å²) in [7, 11) is 0. The molecule has 4 aromatic carbocycles. The van der Waals surface area contributed by atoms with Crippen LogP contribution in [0.1, 0.15) is 84.7 Å². The van der Waals surface area contributed by atoms with E-state index in [1.807, 2.05) is 12.1 Å². The van der Waals surface area contributed by atoms with Crippen molar-refractivity contribution < 1.29 is 14.3 Å². The van der Waals surface area contributed by atoms with Gasteiger partial charge in [-0.3, -0.25) is 0 Å². The molecular formula is C37H42O3. The Labute approximate surface area is 240 Å². The molecule has 0 amide bonds. The van der Waals surface area contributed by atoms with E-state index in [2.05, 4.69) is 111 Å². The van der Waals surface area contributed by atoms with Gasteiger partial charge in [-0.25, -0.2) is 4.79 Å². The summed E-state index contributed by atoms with van der Waals surface area (Å²) in [4.78, 5) is 12.5. The molecule has 3 nitrogen and oxygen atoms in total. The molecule has 40 heavy (non-hydrogen) atoms. The number of rotatable bonds is 14. The van der Waals surface area contributed by atoms with Crippen LogP contribution in [0.5, 0.6) is 0 Å². The first-order valence-corrected chi connectivity index (χ1v) is 14.7. The summed E-state index contributed by atoms with van der Waals surface area (Å²) in [5.74, 6) is 0.311. The fourth-order valence-electron chi connectivity index (χ4n) is 5.39. The van der Waals surface area contributed by atoms with E-state index in [1.165, 1.54) is 33.4 Å². The molecule has 0 bridgehead atoms. The van der Waals surface area contributed by atoms with Gasteiger partial charge in [0.15, 0.2) is 0 Å². The third-order valence-corrected chi connectivity index (χ3v) is 7.50. The second-order valence-electron chi connectivity index (χ2n) is 10.4. The van der Waals surface area contributed by atoms with Crippen molar-refractivity contribution >= 4 is 6.16 Å². The summed E-state index contributed by atoms with van der Waals surface area (Å²) in [5.41, 5.74) is 7.61. The minimum absolute atomic E-state index is 0.155. The van der Waals surface area contributed by atoms with Gasteiger partial charge < -0.3 is 9.47 Å². The fourth-order valence-corrected chi connectivity index (χ4v) is 5.39. The molecular weight excluding hydrogens is 492 g/mol. The zero-order chi connectivity index (χ0) is 28.0. The van der Waals surface area contributed by atoms with E-state index in [0.717, 1.165) is 25.7 Å². The van der Waals surface area contributed by atoms with Gasteiger partial charge in [0.2, 0.25) is 0 Å². The number of carbonyl (C=O) groups is 1. The second kappa shape index (κ2) is 15.7. The molecule has 0 saturated carbocycles. The molecule has 0 saturated heterocycles. The number of hydrogen-bond acceptors (Lipinski definition) is 3. The van der Waals surface area contributed by atoms with Crippen LogP contribution in [0, 0.1) is 0 Å². The highest BCUT2D eigenvalue weighted by atomic mass is 16.7. The number of hydrogen-bond donors (Lipinski definition) is 0. The molecule has 0 aliphatic heterocycles. The lowest BCUT2D eigenvalue weighted by Crippen LogP contribution is -2.14. The summed E-state index contributed by atoms with van der Waals surface area (Å²) < 4.78 is 11.1. The summed E-state index contributed by atoms with van der Waals surface area (Å²) >= 11 is 0. The smallest absolute Gasteiger partial charge is 0.434 e. The second-order valence-corrected chi connectivity index (χ2v) is 10.4. The summed E-state index contributed by atoms with van der Waals surface area (Å²) in [6, 6.07) is 38.5. The van der Waals surface area contributed by atoms with Gasteiger partial charge in [0.25, 0.3) is 0 Å². The van der Waals surface area contributed by atoms with Crippen LogP contribution in [0.3, 0.4) is 0 Å². The van der Waals surface area contributed by atoms with E-state index in [9.17, 15) is 4.79 Å². The van der Waals surface area contributed by atoms with Gasteiger partial charge in [0.1, 0.15) is 0 Å². The maximum atomic E-state index is 12.5. The van der Waals surface area contributed by atoms with Gasteiger partial charge in [-0.05, 0) is 59.1 Å². The minimum atomic E-state index is -0.602. The molecule has 0 fully saturated rings. The van der Waals surface area contributed by atoms with Crippen LogP contribution in [-0.2, 0) is 22.3 Å². The van der Waals surface area contributed by atoms with Crippen molar-refractivity contribution in [1.82, 2.24) is 0 Å². The highest BCUT2D eigenvalue weighted by Crippen LogP contribution is 2.30. The van der Waals surface area contributed by atoms with Gasteiger partial charge in [0.05, 0.1) is 13.2 Å². The Hall–Kier alpha value is -3.85. The van der Waals surface area contributed by atoms with Crippen LogP contribution < -0.4 is 0 Å². The number of carbonyl (C=O) groups excluding carboxylic acids is 1. The van der Waals surface area contributed by atoms with Crippen molar-refractivity contribution in [2.75, 3.05) is 13.2 Å². The highest BCUT2D eigenvalue weighted by Gasteiger charge is 2.18. The van der Waals surface area contributed by atoms with Crippen LogP contribution in [0.2, 0.25) is 0 Å². The molecule has 4 rings (SSSR count). The maximum absolute atomic E-state index is 12.5. The number of ether oxygens (including phenoxy) is 2. The normalized spacial score (nSPS) is 12.4. The first kappa shape index (κ1) is 29.1. The first-order valence-electron chi connectivity index (χ1n) is 14.7. The van der Waals surface area contributed by atoms with E-state index >= 15 is 0 Å². The van der Waals surface area contributed by atoms with E-state index in [1.54, 1.807) is 0 Å². The molecule has 208 valence electrons. The Morgan fingerprint density at radius 1 is 0.525 bits per heavy atom. The Morgan fingerprint density at radius 3 is 1.23 bits per heavy atom. The minimum Gasteiger partial charge on any atom is -0.434 e. The number of aryl methyl sites for hydroxylation is 2. The van der Waals surface area contributed by atoms with E-state index in [-0.39, 0.29) is 11.8 Å². The summed E-state index contributed by atoms with van der Waals surface area (Å²) in [6.45, 7) is 5.00. The fraction of sp³-hybridized carbons (Fsp3) is 0.324. The monoisotopic (exact) mass is 534 g/mol. The Morgan fingerprint density at radius 2 is 0.875 bits per heavy atom. The van der Waals surface area contributed by atoms with Crippen LogP contribution in [0.15, 0.2) is 109 Å². The molecule has 2 unspecified atom stereocenters. The van der Waals surface area contributed by atoms with E-state index in [4.69, 9.17) is 9.47 Å². The van der Waals surface area contributed by atoms with Gasteiger partial charge in [0, 0.05) is 11.8 Å². The van der Waals surface area contributed by atoms with Gasteiger partial charge in [-0.1, -0.05) is 136 Å². The van der Waals surface area contributed by atoms with Gasteiger partial charge >= 0.3 is 6.16 Å². The third kappa shape index (κ3) is 8.58. The van der Waals surface area contributed by atoms with Crippen molar-refractivity contribution in [1.29, 1.82) is 0 Å². The zero-order valence-corrected chi connectivity index (χ0v) is 23.9. The molecule has 4 aromatic rings. The van der Waals surface area contributed by atoms with Crippen molar-refractivity contribution in [2.24, 2.45) is 0 Å². The molecule has 2 atom stereocenters. The SMILES string of the molecule is CCCc1ccc(C(CCOC(=O)OCCC(c2ccccc2)c2ccc(CCC)cc2)c2ccccc2)cc1. The third-order valence-electron chi connectivity index (χ3n) is 7.50. The lowest BCUT2D eigenvalue weighted by molar-refractivity contribution is 0.0524. The zero-order valence-electron chi connectivity index (χ0n) is 23.9. The summed E-state index contributed by atoms with van der Waals surface area (Å²) in [6.07, 6.45) is 5.23. The van der Waals surface area contributed by atoms with Crippen LogP contribution in [0.25, 0.3) is 0 Å². The van der Waals surface area contributed by atoms with Crippen LogP contribution >= 0.6 is 0 Å². The standard InChI is InChI=1S/C37H42O3/c1-3-11-29-17-21-33(22-18-29)35(31-13-7-5-8-14-31)25-27-39-37(38)40-28-26-36(32-15-9-6-10-16-32)34-23-19-30(12-4-2)20-24-34/h5-10,13-24,35-36H,3-4,11-12,25-28H2,1-2H3. The molecule has 0 radical (unpaired) electrons. The van der Waals surface area contributed by atoms with E-state index < -0.39 is 6.16 Å². The Bertz CT molecular complexity index is 1160. The molecule has 0 aliphatic rings. The van der Waals surface area contributed by atoms with Crippen molar-refractivity contribution in [3.63, 3.8) is 0 Å².